The molecule has 1 aliphatic rings. The zero-order chi connectivity index (χ0) is 28.0. The molecule has 0 aliphatic heterocycles. The van der Waals surface area contributed by atoms with Crippen LogP contribution < -0.4 is 0 Å². The summed E-state index contributed by atoms with van der Waals surface area (Å²) in [5.74, 6) is 1.93. The van der Waals surface area contributed by atoms with E-state index in [0.29, 0.717) is 17.5 Å². The SMILES string of the molecule is CC1(C)c2ccccc2C(=O)c2cc(-c3cccc(-c4nc(-c5ccccc5)nc(-c5ccccc5)n4)c3)ccc21. The van der Waals surface area contributed by atoms with Crippen molar-refractivity contribution in [1.29, 1.82) is 0 Å². The van der Waals surface area contributed by atoms with Crippen molar-refractivity contribution in [2.24, 2.45) is 0 Å². The smallest absolute Gasteiger partial charge is 0.193 e. The minimum atomic E-state index is -0.257. The first-order valence-electron chi connectivity index (χ1n) is 13.8. The van der Waals surface area contributed by atoms with Crippen molar-refractivity contribution in [3.8, 4) is 45.3 Å². The van der Waals surface area contributed by atoms with Crippen molar-refractivity contribution in [1.82, 2.24) is 15.0 Å². The predicted molar refractivity (Wildman–Crippen MR) is 164 cm³/mol. The van der Waals surface area contributed by atoms with Gasteiger partial charge < -0.3 is 0 Å². The second-order valence-corrected chi connectivity index (χ2v) is 10.9. The van der Waals surface area contributed by atoms with Crippen molar-refractivity contribution in [2.75, 3.05) is 0 Å². The summed E-state index contributed by atoms with van der Waals surface area (Å²) in [7, 11) is 0. The minimum Gasteiger partial charge on any atom is -0.289 e. The molecule has 1 aromatic heterocycles. The van der Waals surface area contributed by atoms with Crippen molar-refractivity contribution >= 4 is 5.78 Å². The Labute approximate surface area is 239 Å². The summed E-state index contributed by atoms with van der Waals surface area (Å²) in [4.78, 5) is 28.2. The second kappa shape index (κ2) is 9.76. The van der Waals surface area contributed by atoms with Gasteiger partial charge in [-0.15, -0.1) is 0 Å². The molecule has 41 heavy (non-hydrogen) atoms. The van der Waals surface area contributed by atoms with Crippen LogP contribution in [0.4, 0.5) is 0 Å². The van der Waals surface area contributed by atoms with Crippen LogP contribution in [0.25, 0.3) is 45.3 Å². The van der Waals surface area contributed by atoms with Gasteiger partial charge in [0.1, 0.15) is 0 Å². The fourth-order valence-corrected chi connectivity index (χ4v) is 5.75. The van der Waals surface area contributed by atoms with Crippen molar-refractivity contribution < 1.29 is 4.79 Å². The Balaban J connectivity index is 1.33. The fourth-order valence-electron chi connectivity index (χ4n) is 5.75. The maximum Gasteiger partial charge on any atom is 0.193 e. The van der Waals surface area contributed by atoms with E-state index < -0.39 is 0 Å². The van der Waals surface area contributed by atoms with Gasteiger partial charge in [0.15, 0.2) is 23.3 Å². The number of carbonyl (C=O) groups excluding carboxylic acids is 1. The highest BCUT2D eigenvalue weighted by Crippen LogP contribution is 2.42. The molecule has 6 aromatic rings. The van der Waals surface area contributed by atoms with E-state index in [1.54, 1.807) is 0 Å². The lowest BCUT2D eigenvalue weighted by Gasteiger charge is -2.34. The molecule has 0 saturated carbocycles. The van der Waals surface area contributed by atoms with Gasteiger partial charge in [0.05, 0.1) is 0 Å². The standard InChI is InChI=1S/C37H27N3O/c1-37(2)31-19-10-9-18-29(31)33(41)30-23-27(20-21-32(30)37)26-16-11-17-28(22-26)36-39-34(24-12-5-3-6-13-24)38-35(40-36)25-14-7-4-8-15-25/h3-23H,1-2H3. The third-order valence-electron chi connectivity index (χ3n) is 7.94. The highest BCUT2D eigenvalue weighted by Gasteiger charge is 2.36. The summed E-state index contributed by atoms with van der Waals surface area (Å²) >= 11 is 0. The molecule has 7 rings (SSSR count). The first-order chi connectivity index (χ1) is 20.0. The summed E-state index contributed by atoms with van der Waals surface area (Å²) in [5, 5.41) is 0. The van der Waals surface area contributed by atoms with Crippen LogP contribution in [0, 0.1) is 0 Å². The number of hydrogen-bond acceptors (Lipinski definition) is 4. The average Bonchev–Trinajstić information content (AvgIpc) is 3.04. The van der Waals surface area contributed by atoms with Gasteiger partial charge in [-0.2, -0.15) is 0 Å². The summed E-state index contributed by atoms with van der Waals surface area (Å²) in [6, 6.07) is 42.3. The lowest BCUT2D eigenvalue weighted by atomic mass is 9.68. The summed E-state index contributed by atoms with van der Waals surface area (Å²) < 4.78 is 0. The highest BCUT2D eigenvalue weighted by molar-refractivity contribution is 6.13. The molecule has 0 atom stereocenters. The van der Waals surface area contributed by atoms with Crippen LogP contribution in [0.5, 0.6) is 0 Å². The van der Waals surface area contributed by atoms with Gasteiger partial charge in [-0.05, 0) is 34.4 Å². The zero-order valence-corrected chi connectivity index (χ0v) is 22.9. The quantitative estimate of drug-likeness (QED) is 0.230. The number of ketones is 1. The number of carbonyl (C=O) groups is 1. The number of hydrogen-bond donors (Lipinski definition) is 0. The van der Waals surface area contributed by atoms with Crippen LogP contribution in [-0.4, -0.2) is 20.7 Å². The van der Waals surface area contributed by atoms with E-state index in [4.69, 9.17) is 15.0 Å². The lowest BCUT2D eigenvalue weighted by molar-refractivity contribution is 0.103. The molecule has 5 aromatic carbocycles. The van der Waals surface area contributed by atoms with Crippen molar-refractivity contribution in [3.05, 3.63) is 150 Å². The highest BCUT2D eigenvalue weighted by atomic mass is 16.1. The molecule has 0 fully saturated rings. The zero-order valence-electron chi connectivity index (χ0n) is 22.9. The second-order valence-electron chi connectivity index (χ2n) is 10.9. The third-order valence-corrected chi connectivity index (χ3v) is 7.94. The third kappa shape index (κ3) is 4.34. The topological polar surface area (TPSA) is 55.7 Å². The number of rotatable bonds is 4. The van der Waals surface area contributed by atoms with Crippen molar-refractivity contribution in [3.63, 3.8) is 0 Å². The molecule has 1 aliphatic carbocycles. The van der Waals surface area contributed by atoms with Gasteiger partial charge in [-0.3, -0.25) is 4.79 Å². The van der Waals surface area contributed by atoms with Gasteiger partial charge in [0.25, 0.3) is 0 Å². The molecule has 0 bridgehead atoms. The van der Waals surface area contributed by atoms with E-state index >= 15 is 0 Å². The number of fused-ring (bicyclic) bond motifs is 2. The number of benzene rings is 5. The van der Waals surface area contributed by atoms with E-state index in [1.165, 1.54) is 0 Å². The van der Waals surface area contributed by atoms with Crippen LogP contribution in [0.1, 0.15) is 40.9 Å². The van der Waals surface area contributed by atoms with Crippen LogP contribution in [0.3, 0.4) is 0 Å². The average molecular weight is 530 g/mol. The molecule has 0 N–H and O–H groups in total. The molecule has 4 heteroatoms. The largest absolute Gasteiger partial charge is 0.289 e. The molecular formula is C37H27N3O. The van der Waals surface area contributed by atoms with E-state index in [2.05, 4.69) is 44.2 Å². The molecule has 0 radical (unpaired) electrons. The van der Waals surface area contributed by atoms with E-state index in [9.17, 15) is 4.79 Å². The van der Waals surface area contributed by atoms with Crippen LogP contribution in [0.15, 0.2) is 127 Å². The van der Waals surface area contributed by atoms with Crippen LogP contribution in [0.2, 0.25) is 0 Å². The number of nitrogens with zero attached hydrogens (tertiary/aromatic N) is 3. The molecule has 0 spiro atoms. The van der Waals surface area contributed by atoms with Crippen molar-refractivity contribution in [2.45, 2.75) is 19.3 Å². The Morgan fingerprint density at radius 1 is 0.439 bits per heavy atom. The predicted octanol–water partition coefficient (Wildman–Crippen LogP) is 8.41. The van der Waals surface area contributed by atoms with Gasteiger partial charge >= 0.3 is 0 Å². The normalized spacial score (nSPS) is 13.4. The van der Waals surface area contributed by atoms with Gasteiger partial charge in [0, 0.05) is 33.2 Å². The van der Waals surface area contributed by atoms with Gasteiger partial charge in [0.2, 0.25) is 0 Å². The van der Waals surface area contributed by atoms with Gasteiger partial charge in [-0.25, -0.2) is 15.0 Å². The maximum absolute atomic E-state index is 13.6. The summed E-state index contributed by atoms with van der Waals surface area (Å²) in [6.07, 6.45) is 0. The molecular weight excluding hydrogens is 502 g/mol. The molecule has 196 valence electrons. The summed E-state index contributed by atoms with van der Waals surface area (Å²) in [6.45, 7) is 4.37. The maximum atomic E-state index is 13.6. The fraction of sp³-hybridized carbons (Fsp3) is 0.0811. The first kappa shape index (κ1) is 24.8. The minimum absolute atomic E-state index is 0.0744. The molecule has 4 nitrogen and oxygen atoms in total. The Morgan fingerprint density at radius 3 is 1.59 bits per heavy atom. The molecule has 0 unspecified atom stereocenters. The lowest BCUT2D eigenvalue weighted by Crippen LogP contribution is -2.30. The van der Waals surface area contributed by atoms with Crippen LogP contribution in [-0.2, 0) is 5.41 Å². The first-order valence-corrected chi connectivity index (χ1v) is 13.8. The molecule has 1 heterocycles. The Bertz CT molecular complexity index is 1870. The molecule has 0 amide bonds. The Kier molecular flexibility index (Phi) is 5.90. The van der Waals surface area contributed by atoms with Gasteiger partial charge in [-0.1, -0.05) is 129 Å². The Morgan fingerprint density at radius 2 is 0.927 bits per heavy atom. The monoisotopic (exact) mass is 529 g/mol. The van der Waals surface area contributed by atoms with E-state index in [-0.39, 0.29) is 11.2 Å². The Hall–Kier alpha value is -5.22. The van der Waals surface area contributed by atoms with E-state index in [1.807, 2.05) is 97.1 Å². The van der Waals surface area contributed by atoms with Crippen LogP contribution >= 0.6 is 0 Å². The number of aromatic nitrogens is 3. The summed E-state index contributed by atoms with van der Waals surface area (Å²) in [5.41, 5.74) is 8.14. The van der Waals surface area contributed by atoms with E-state index in [0.717, 1.165) is 50.1 Å². The molecule has 0 saturated heterocycles.